The van der Waals surface area contributed by atoms with Crippen LogP contribution < -0.4 is 0 Å². The lowest BCUT2D eigenvalue weighted by Gasteiger charge is -2.60. The average Bonchev–Trinajstić information content (AvgIpc) is 3.20. The summed E-state index contributed by atoms with van der Waals surface area (Å²) in [5.41, 5.74) is -4.27. The highest BCUT2D eigenvalue weighted by atomic mass is 32.2. The van der Waals surface area contributed by atoms with Gasteiger partial charge >= 0.3 is 0 Å². The molecule has 6 rings (SSSR count). The first-order chi connectivity index (χ1) is 19.4. The molecule has 8 heteroatoms. The van der Waals surface area contributed by atoms with E-state index in [1.165, 1.54) is 5.57 Å². The number of halogens is 3. The second-order valence-electron chi connectivity index (χ2n) is 15.3. The Hall–Kier alpha value is -1.06. The Morgan fingerprint density at radius 1 is 0.929 bits per heavy atom. The molecule has 7 atom stereocenters. The van der Waals surface area contributed by atoms with Gasteiger partial charge in [0.25, 0.3) is 5.92 Å². The molecule has 4 fully saturated rings. The molecule has 1 saturated heterocycles. The summed E-state index contributed by atoms with van der Waals surface area (Å²) in [6, 6.07) is 8.28. The van der Waals surface area contributed by atoms with E-state index in [1.807, 2.05) is 13.2 Å². The molecule has 234 valence electrons. The Morgan fingerprint density at radius 2 is 1.57 bits per heavy atom. The second kappa shape index (κ2) is 9.72. The van der Waals surface area contributed by atoms with Crippen LogP contribution in [0.4, 0.5) is 13.2 Å². The fraction of sp³-hybridized carbons (Fsp3) is 0.765. The molecule has 4 aliphatic carbocycles. The molecule has 42 heavy (non-hydrogen) atoms. The summed E-state index contributed by atoms with van der Waals surface area (Å²) < 4.78 is 58.6. The number of thioether (sulfide) groups is 1. The molecule has 2 N–H and O–H groups in total. The van der Waals surface area contributed by atoms with Crippen LogP contribution in [0.2, 0.25) is 0 Å². The van der Waals surface area contributed by atoms with Gasteiger partial charge < -0.3 is 19.7 Å². The van der Waals surface area contributed by atoms with Crippen molar-refractivity contribution in [2.24, 2.45) is 22.7 Å². The molecule has 1 spiro atoms. The predicted molar refractivity (Wildman–Crippen MR) is 158 cm³/mol. The van der Waals surface area contributed by atoms with Gasteiger partial charge in [-0.15, -0.1) is 11.8 Å². The largest absolute Gasteiger partial charge is 0.386 e. The summed E-state index contributed by atoms with van der Waals surface area (Å²) in [5, 5.41) is 24.4. The summed E-state index contributed by atoms with van der Waals surface area (Å²) in [6.07, 6.45) is 5.64. The Labute approximate surface area is 252 Å². The summed E-state index contributed by atoms with van der Waals surface area (Å²) >= 11 is 1.64. The fourth-order valence-corrected chi connectivity index (χ4v) is 9.94. The summed E-state index contributed by atoms with van der Waals surface area (Å²) in [6.45, 7) is 8.70. The van der Waals surface area contributed by atoms with Crippen molar-refractivity contribution in [3.05, 3.63) is 41.0 Å². The van der Waals surface area contributed by atoms with E-state index in [2.05, 4.69) is 38.1 Å². The molecule has 5 aliphatic rings. The van der Waals surface area contributed by atoms with Crippen LogP contribution in [0.3, 0.4) is 0 Å². The highest BCUT2D eigenvalue weighted by Gasteiger charge is 2.74. The Kier molecular flexibility index (Phi) is 7.16. The summed E-state index contributed by atoms with van der Waals surface area (Å²) in [5.74, 6) is -4.92. The molecular formula is C34H47F3O4S. The van der Waals surface area contributed by atoms with E-state index in [9.17, 15) is 19.0 Å². The topological polar surface area (TPSA) is 58.9 Å². The quantitative estimate of drug-likeness (QED) is 0.270. The van der Waals surface area contributed by atoms with Crippen LogP contribution in [0, 0.1) is 22.7 Å². The number of ether oxygens (including phenoxy) is 2. The van der Waals surface area contributed by atoms with Crippen molar-refractivity contribution >= 4 is 11.8 Å². The monoisotopic (exact) mass is 608 g/mol. The fourth-order valence-electron chi connectivity index (χ4n) is 9.53. The molecule has 4 nitrogen and oxygen atoms in total. The maximum Gasteiger partial charge on any atom is 0.281 e. The standard InChI is InChI=1S/C34H47F3O4S/c1-28(2)19-40-33(41-20-28)15-12-26-27-23(11-14-32(26,38)18-33)25-13-16-34(39,30(4,35)31(5,36)37)29(25,3)17-24(27)21-7-9-22(42-6)10-8-21/h7-10,23-25,38-39H,11-20H2,1-6H3. The van der Waals surface area contributed by atoms with E-state index < -0.39 is 34.0 Å². The normalized spacial score (nSPS) is 40.7. The Balaban J connectivity index is 1.45. The maximum atomic E-state index is 16.3. The first-order valence-corrected chi connectivity index (χ1v) is 16.8. The van der Waals surface area contributed by atoms with Gasteiger partial charge in [0.05, 0.1) is 18.8 Å². The van der Waals surface area contributed by atoms with Gasteiger partial charge in [-0.2, -0.15) is 0 Å². The molecule has 3 saturated carbocycles. The smallest absolute Gasteiger partial charge is 0.281 e. The number of fused-ring (bicyclic) bond motifs is 4. The molecule has 1 aliphatic heterocycles. The lowest BCUT2D eigenvalue weighted by atomic mass is 9.48. The summed E-state index contributed by atoms with van der Waals surface area (Å²) in [7, 11) is 0. The molecular weight excluding hydrogens is 561 g/mol. The lowest BCUT2D eigenvalue weighted by Crippen LogP contribution is -2.66. The average molecular weight is 609 g/mol. The zero-order valence-electron chi connectivity index (χ0n) is 25.9. The number of hydrogen-bond donors (Lipinski definition) is 2. The van der Waals surface area contributed by atoms with Gasteiger partial charge in [0, 0.05) is 41.4 Å². The van der Waals surface area contributed by atoms with Crippen molar-refractivity contribution in [2.45, 2.75) is 125 Å². The van der Waals surface area contributed by atoms with E-state index in [0.717, 1.165) is 23.0 Å². The third kappa shape index (κ3) is 4.39. The van der Waals surface area contributed by atoms with Crippen molar-refractivity contribution in [3.8, 4) is 0 Å². The minimum atomic E-state index is -3.70. The minimum absolute atomic E-state index is 0.00725. The number of alkyl halides is 3. The van der Waals surface area contributed by atoms with E-state index in [1.54, 1.807) is 11.8 Å². The van der Waals surface area contributed by atoms with E-state index in [4.69, 9.17) is 9.47 Å². The Morgan fingerprint density at radius 3 is 2.17 bits per heavy atom. The number of benzene rings is 1. The number of hydrogen-bond acceptors (Lipinski definition) is 5. The van der Waals surface area contributed by atoms with Crippen LogP contribution in [0.25, 0.3) is 0 Å². The second-order valence-corrected chi connectivity index (χ2v) is 16.2. The van der Waals surface area contributed by atoms with Gasteiger partial charge in [0.15, 0.2) is 11.5 Å². The third-order valence-corrected chi connectivity index (χ3v) is 12.9. The molecule has 1 aromatic rings. The molecule has 0 aromatic heterocycles. The highest BCUT2D eigenvalue weighted by Crippen LogP contribution is 2.71. The van der Waals surface area contributed by atoms with E-state index in [-0.39, 0.29) is 29.6 Å². The molecule has 7 unspecified atom stereocenters. The molecule has 1 aromatic carbocycles. The van der Waals surface area contributed by atoms with Gasteiger partial charge in [-0.1, -0.05) is 38.5 Å². The lowest BCUT2D eigenvalue weighted by molar-refractivity contribution is -0.322. The number of rotatable bonds is 4. The van der Waals surface area contributed by atoms with E-state index >= 15 is 4.39 Å². The van der Waals surface area contributed by atoms with Crippen LogP contribution >= 0.6 is 11.8 Å². The summed E-state index contributed by atoms with van der Waals surface area (Å²) in [4.78, 5) is 1.11. The van der Waals surface area contributed by atoms with Crippen molar-refractivity contribution < 1.29 is 32.9 Å². The first-order valence-electron chi connectivity index (χ1n) is 15.6. The van der Waals surface area contributed by atoms with Gasteiger partial charge in [-0.25, -0.2) is 13.2 Å². The Bertz CT molecular complexity index is 1250. The van der Waals surface area contributed by atoms with Crippen LogP contribution in [-0.4, -0.2) is 58.3 Å². The van der Waals surface area contributed by atoms with Crippen LogP contribution in [-0.2, 0) is 9.47 Å². The number of aliphatic hydroxyl groups is 2. The molecule has 0 amide bonds. The van der Waals surface area contributed by atoms with Gasteiger partial charge in [0.2, 0.25) is 0 Å². The third-order valence-electron chi connectivity index (χ3n) is 12.1. The van der Waals surface area contributed by atoms with Gasteiger partial charge in [-0.3, -0.25) is 0 Å². The van der Waals surface area contributed by atoms with Crippen molar-refractivity contribution in [1.29, 1.82) is 0 Å². The SMILES string of the molecule is CSc1ccc(C2CC3(C)C(CCC3(O)C(C)(F)C(C)(F)F)C3CCC4(O)CC5(CCC4=C23)OCC(C)(C)CO5)cc1. The number of allylic oxidation sites excluding steroid dienone is 1. The maximum absolute atomic E-state index is 16.3. The van der Waals surface area contributed by atoms with Crippen LogP contribution in [0.15, 0.2) is 40.3 Å². The molecule has 1 heterocycles. The predicted octanol–water partition coefficient (Wildman–Crippen LogP) is 7.82. The van der Waals surface area contributed by atoms with Crippen molar-refractivity contribution in [3.63, 3.8) is 0 Å². The molecule has 0 radical (unpaired) electrons. The first kappa shape index (κ1) is 30.9. The van der Waals surface area contributed by atoms with Gasteiger partial charge in [0.1, 0.15) is 5.60 Å². The van der Waals surface area contributed by atoms with Crippen molar-refractivity contribution in [1.82, 2.24) is 0 Å². The van der Waals surface area contributed by atoms with Crippen LogP contribution in [0.1, 0.15) is 97.5 Å². The molecule has 0 bridgehead atoms. The van der Waals surface area contributed by atoms with Gasteiger partial charge in [-0.05, 0) is 86.8 Å². The van der Waals surface area contributed by atoms with Crippen molar-refractivity contribution in [2.75, 3.05) is 19.5 Å². The van der Waals surface area contributed by atoms with Crippen LogP contribution in [0.5, 0.6) is 0 Å². The van der Waals surface area contributed by atoms with E-state index in [0.29, 0.717) is 65.1 Å². The zero-order valence-corrected chi connectivity index (χ0v) is 26.7. The zero-order chi connectivity index (χ0) is 30.6. The highest BCUT2D eigenvalue weighted by molar-refractivity contribution is 7.98. The minimum Gasteiger partial charge on any atom is -0.386 e.